The van der Waals surface area contributed by atoms with E-state index < -0.39 is 5.92 Å². The van der Waals surface area contributed by atoms with Crippen LogP contribution in [0.1, 0.15) is 19.3 Å². The third-order valence-corrected chi connectivity index (χ3v) is 2.21. The topological polar surface area (TPSA) is 23.1 Å². The van der Waals surface area contributed by atoms with Gasteiger partial charge in [0.05, 0.1) is 6.61 Å². The summed E-state index contributed by atoms with van der Waals surface area (Å²) in [6.07, 6.45) is 0.475. The van der Waals surface area contributed by atoms with Gasteiger partial charge < -0.3 is 4.90 Å². The summed E-state index contributed by atoms with van der Waals surface area (Å²) in [6.45, 7) is 1.45. The average molecular weight is 178 g/mol. The highest BCUT2D eigenvalue weighted by Gasteiger charge is 2.33. The Labute approximate surface area is 71.2 Å². The lowest BCUT2D eigenvalue weighted by molar-refractivity contribution is -0.0558. The van der Waals surface area contributed by atoms with E-state index >= 15 is 0 Å². The van der Waals surface area contributed by atoms with Crippen LogP contribution in [0, 0.1) is 0 Å². The Morgan fingerprint density at radius 1 is 1.25 bits per heavy atom. The number of likely N-dealkylation sites (tertiary alicyclic amines) is 1. The molecular weight excluding hydrogens is 164 g/mol. The smallest absolute Gasteiger partial charge is 0.250 e. The molecule has 12 heavy (non-hydrogen) atoms. The van der Waals surface area contributed by atoms with Crippen LogP contribution >= 0.6 is 0 Å². The van der Waals surface area contributed by atoms with Crippen molar-refractivity contribution in [1.29, 1.82) is 0 Å². The van der Waals surface area contributed by atoms with E-state index in [1.54, 1.807) is 0 Å². The number of hydrogen-bond donors (Lipinski definition) is 0. The zero-order chi connectivity index (χ0) is 9.03. The molecule has 0 aromatic heterocycles. The molecule has 0 spiro atoms. The van der Waals surface area contributed by atoms with Crippen molar-refractivity contribution in [2.75, 3.05) is 26.2 Å². The highest BCUT2D eigenvalue weighted by molar-refractivity contribution is 4.77. The molecule has 0 N–H and O–H groups in total. The summed E-state index contributed by atoms with van der Waals surface area (Å²) in [7, 11) is 0. The first-order chi connectivity index (χ1) is 5.64. The second-order valence-corrected chi connectivity index (χ2v) is 3.26. The third-order valence-electron chi connectivity index (χ3n) is 2.21. The lowest BCUT2D eigenvalue weighted by Crippen LogP contribution is -2.39. The molecule has 0 bridgehead atoms. The quantitative estimate of drug-likeness (QED) is 0.642. The second kappa shape index (κ2) is 4.14. The molecule has 0 saturated carbocycles. The molecular formula is C8H14F2NO. The molecule has 0 atom stereocenters. The van der Waals surface area contributed by atoms with E-state index in [4.69, 9.17) is 0 Å². The Morgan fingerprint density at radius 2 is 1.83 bits per heavy atom. The van der Waals surface area contributed by atoms with Crippen LogP contribution in [0.25, 0.3) is 0 Å². The van der Waals surface area contributed by atoms with Gasteiger partial charge in [0, 0.05) is 32.5 Å². The maximum absolute atomic E-state index is 12.6. The fourth-order valence-corrected chi connectivity index (χ4v) is 1.39. The minimum atomic E-state index is -2.46. The fraction of sp³-hybridized carbons (Fsp3) is 1.00. The normalized spacial score (nSPS) is 24.2. The summed E-state index contributed by atoms with van der Waals surface area (Å²) in [6, 6.07) is 0. The highest BCUT2D eigenvalue weighted by atomic mass is 19.3. The zero-order valence-corrected chi connectivity index (χ0v) is 7.06. The van der Waals surface area contributed by atoms with Crippen LogP contribution in [0.15, 0.2) is 0 Å². The summed E-state index contributed by atoms with van der Waals surface area (Å²) in [5.41, 5.74) is 0. The molecule has 0 aromatic rings. The van der Waals surface area contributed by atoms with Gasteiger partial charge in [-0.3, -0.25) is 0 Å². The van der Waals surface area contributed by atoms with E-state index in [2.05, 4.69) is 0 Å². The first-order valence-electron chi connectivity index (χ1n) is 4.32. The van der Waals surface area contributed by atoms with Crippen LogP contribution in [0.2, 0.25) is 0 Å². The average Bonchev–Trinajstić information content (AvgIpc) is 2.03. The molecule has 1 saturated heterocycles. The summed E-state index contributed by atoms with van der Waals surface area (Å²) >= 11 is 0. The van der Waals surface area contributed by atoms with E-state index in [1.807, 2.05) is 4.90 Å². The molecule has 4 heteroatoms. The molecule has 0 unspecified atom stereocenters. The molecule has 1 aliphatic heterocycles. The SMILES string of the molecule is [O]CCCN1CCC(F)(F)CC1. The third kappa shape index (κ3) is 3.03. The minimum absolute atomic E-state index is 0.0497. The number of piperidine rings is 1. The Kier molecular flexibility index (Phi) is 3.40. The first-order valence-corrected chi connectivity index (χ1v) is 4.32. The Hall–Kier alpha value is -0.220. The molecule has 2 nitrogen and oxygen atoms in total. The van der Waals surface area contributed by atoms with Crippen molar-refractivity contribution in [2.45, 2.75) is 25.2 Å². The van der Waals surface area contributed by atoms with E-state index in [-0.39, 0.29) is 19.4 Å². The van der Waals surface area contributed by atoms with Crippen molar-refractivity contribution in [3.63, 3.8) is 0 Å². The van der Waals surface area contributed by atoms with Gasteiger partial charge in [-0.15, -0.1) is 0 Å². The van der Waals surface area contributed by atoms with Crippen molar-refractivity contribution in [1.82, 2.24) is 4.90 Å². The van der Waals surface area contributed by atoms with Gasteiger partial charge in [0.15, 0.2) is 0 Å². The number of rotatable bonds is 3. The summed E-state index contributed by atoms with van der Waals surface area (Å²) < 4.78 is 25.2. The van der Waals surface area contributed by atoms with Gasteiger partial charge in [-0.2, -0.15) is 0 Å². The van der Waals surface area contributed by atoms with Crippen LogP contribution in [0.5, 0.6) is 0 Å². The number of hydrogen-bond acceptors (Lipinski definition) is 1. The maximum Gasteiger partial charge on any atom is 0.250 e. The van der Waals surface area contributed by atoms with Crippen LogP contribution < -0.4 is 0 Å². The number of alkyl halides is 2. The van der Waals surface area contributed by atoms with Gasteiger partial charge in [-0.05, 0) is 6.42 Å². The standard InChI is InChI=1S/C8H14F2NO/c9-8(10)2-5-11(6-3-8)4-1-7-12/h1-7H2. The van der Waals surface area contributed by atoms with Crippen molar-refractivity contribution >= 4 is 0 Å². The zero-order valence-electron chi connectivity index (χ0n) is 7.06. The van der Waals surface area contributed by atoms with Gasteiger partial charge in [0.2, 0.25) is 0 Å². The van der Waals surface area contributed by atoms with E-state index in [1.165, 1.54) is 0 Å². The molecule has 1 radical (unpaired) electrons. The van der Waals surface area contributed by atoms with Gasteiger partial charge in [-0.1, -0.05) is 0 Å². The summed E-state index contributed by atoms with van der Waals surface area (Å²) in [5, 5.41) is 10.1. The predicted molar refractivity (Wildman–Crippen MR) is 40.8 cm³/mol. The second-order valence-electron chi connectivity index (χ2n) is 3.26. The minimum Gasteiger partial charge on any atom is -0.303 e. The summed E-state index contributed by atoms with van der Waals surface area (Å²) in [5.74, 6) is -2.46. The Bertz CT molecular complexity index is 131. The lowest BCUT2D eigenvalue weighted by atomic mass is 10.1. The van der Waals surface area contributed by atoms with Crippen LogP contribution in [0.3, 0.4) is 0 Å². The van der Waals surface area contributed by atoms with Crippen LogP contribution in [0.4, 0.5) is 8.78 Å². The van der Waals surface area contributed by atoms with Gasteiger partial charge in [-0.25, -0.2) is 13.9 Å². The Morgan fingerprint density at radius 3 is 2.33 bits per heavy atom. The highest BCUT2D eigenvalue weighted by Crippen LogP contribution is 2.27. The van der Waals surface area contributed by atoms with Crippen molar-refractivity contribution in [3.05, 3.63) is 0 Å². The number of halogens is 2. The van der Waals surface area contributed by atoms with Gasteiger partial charge in [0.25, 0.3) is 5.92 Å². The van der Waals surface area contributed by atoms with Crippen molar-refractivity contribution in [2.24, 2.45) is 0 Å². The maximum atomic E-state index is 12.6. The predicted octanol–water partition coefficient (Wildman–Crippen LogP) is 1.54. The summed E-state index contributed by atoms with van der Waals surface area (Å²) in [4.78, 5) is 1.94. The first kappa shape index (κ1) is 9.86. The largest absolute Gasteiger partial charge is 0.303 e. The van der Waals surface area contributed by atoms with Crippen molar-refractivity contribution in [3.8, 4) is 0 Å². The van der Waals surface area contributed by atoms with Crippen molar-refractivity contribution < 1.29 is 13.9 Å². The Balaban J connectivity index is 2.18. The lowest BCUT2D eigenvalue weighted by Gasteiger charge is -2.31. The van der Waals surface area contributed by atoms with Crippen LogP contribution in [-0.4, -0.2) is 37.1 Å². The molecule has 0 aromatic carbocycles. The molecule has 0 amide bonds. The van der Waals surface area contributed by atoms with Crippen LogP contribution in [-0.2, 0) is 5.11 Å². The fourth-order valence-electron chi connectivity index (χ4n) is 1.39. The number of nitrogens with zero attached hydrogens (tertiary/aromatic N) is 1. The molecule has 0 aliphatic carbocycles. The van der Waals surface area contributed by atoms with E-state index in [0.717, 1.165) is 0 Å². The molecule has 1 rings (SSSR count). The monoisotopic (exact) mass is 178 g/mol. The molecule has 1 fully saturated rings. The molecule has 1 heterocycles. The van der Waals surface area contributed by atoms with E-state index in [9.17, 15) is 13.9 Å². The molecule has 1 aliphatic rings. The van der Waals surface area contributed by atoms with Gasteiger partial charge >= 0.3 is 0 Å². The molecule has 71 valence electrons. The van der Waals surface area contributed by atoms with E-state index in [0.29, 0.717) is 26.1 Å². The van der Waals surface area contributed by atoms with Gasteiger partial charge in [0.1, 0.15) is 0 Å².